The van der Waals surface area contributed by atoms with Gasteiger partial charge in [0.25, 0.3) is 0 Å². The van der Waals surface area contributed by atoms with E-state index < -0.39 is 0 Å². The maximum absolute atomic E-state index is 5.92. The summed E-state index contributed by atoms with van der Waals surface area (Å²) in [6.07, 6.45) is 2.03. The van der Waals surface area contributed by atoms with E-state index in [0.29, 0.717) is 0 Å². The maximum Gasteiger partial charge on any atom is 0.160 e. The molecule has 0 atom stereocenters. The number of rotatable bonds is 5. The van der Waals surface area contributed by atoms with Crippen LogP contribution >= 0.6 is 35.1 Å². The van der Waals surface area contributed by atoms with Gasteiger partial charge in [-0.3, -0.25) is 0 Å². The first-order valence-corrected chi connectivity index (χ1v) is 9.69. The van der Waals surface area contributed by atoms with Gasteiger partial charge in [0, 0.05) is 21.2 Å². The number of aromatic nitrogens is 2. The molecule has 3 rings (SSSR count). The van der Waals surface area contributed by atoms with E-state index in [1.165, 1.54) is 4.90 Å². The van der Waals surface area contributed by atoms with E-state index in [2.05, 4.69) is 11.1 Å². The van der Waals surface area contributed by atoms with Gasteiger partial charge in [0.15, 0.2) is 5.82 Å². The molecule has 0 radical (unpaired) electrons. The van der Waals surface area contributed by atoms with Crippen molar-refractivity contribution in [1.82, 2.24) is 9.97 Å². The number of hydrogen-bond donors (Lipinski definition) is 0. The number of thioether (sulfide) groups is 2. The average Bonchev–Trinajstić information content (AvgIpc) is 2.61. The number of nitrogens with zero attached hydrogens (tertiary/aromatic N) is 2. The third kappa shape index (κ3) is 4.50. The molecule has 116 valence electrons. The van der Waals surface area contributed by atoms with E-state index in [0.717, 1.165) is 32.9 Å². The van der Waals surface area contributed by atoms with E-state index in [4.69, 9.17) is 16.6 Å². The molecule has 0 saturated heterocycles. The van der Waals surface area contributed by atoms with Crippen LogP contribution in [0.1, 0.15) is 5.69 Å². The van der Waals surface area contributed by atoms with E-state index in [9.17, 15) is 0 Å². The Kier molecular flexibility index (Phi) is 5.60. The van der Waals surface area contributed by atoms with Crippen molar-refractivity contribution in [3.05, 3.63) is 71.4 Å². The Hall–Kier alpha value is -1.49. The first-order chi connectivity index (χ1) is 11.2. The first kappa shape index (κ1) is 16.4. The number of benzene rings is 2. The van der Waals surface area contributed by atoms with Crippen LogP contribution in [-0.4, -0.2) is 16.2 Å². The molecule has 5 heteroatoms. The highest BCUT2D eigenvalue weighted by Crippen LogP contribution is 2.26. The molecule has 2 nitrogen and oxygen atoms in total. The first-order valence-electron chi connectivity index (χ1n) is 7.10. The normalized spacial score (nSPS) is 10.7. The summed E-state index contributed by atoms with van der Waals surface area (Å²) in [5, 5.41) is 1.75. The van der Waals surface area contributed by atoms with Gasteiger partial charge in [-0.05, 0) is 36.6 Å². The standard InChI is InChI=1S/C18H15ClN2S2/c1-22-17-11-15(12-23-16-9-7-14(19)8-10-16)20-18(21-17)13-5-3-2-4-6-13/h2-11H,12H2,1H3. The SMILES string of the molecule is CSc1cc(CSc2ccc(Cl)cc2)nc(-c2ccccc2)n1. The fourth-order valence-electron chi connectivity index (χ4n) is 2.06. The highest BCUT2D eigenvalue weighted by molar-refractivity contribution is 7.98. The molecule has 0 spiro atoms. The van der Waals surface area contributed by atoms with Gasteiger partial charge in [0.05, 0.1) is 5.69 Å². The zero-order valence-electron chi connectivity index (χ0n) is 12.6. The molecule has 0 aliphatic rings. The van der Waals surface area contributed by atoms with Gasteiger partial charge in [-0.1, -0.05) is 41.9 Å². The molecule has 0 aliphatic carbocycles. The van der Waals surface area contributed by atoms with Crippen molar-refractivity contribution in [1.29, 1.82) is 0 Å². The zero-order valence-corrected chi connectivity index (χ0v) is 15.0. The van der Waals surface area contributed by atoms with Crippen LogP contribution in [0.25, 0.3) is 11.4 Å². The number of halogens is 1. The lowest BCUT2D eigenvalue weighted by Gasteiger charge is -2.07. The summed E-state index contributed by atoms with van der Waals surface area (Å²) in [4.78, 5) is 10.5. The van der Waals surface area contributed by atoms with E-state index in [1.807, 2.05) is 60.9 Å². The molecule has 0 amide bonds. The van der Waals surface area contributed by atoms with Gasteiger partial charge in [-0.25, -0.2) is 9.97 Å². The van der Waals surface area contributed by atoms with Crippen LogP contribution in [0.4, 0.5) is 0 Å². The maximum atomic E-state index is 5.92. The van der Waals surface area contributed by atoms with Crippen molar-refractivity contribution in [3.63, 3.8) is 0 Å². The summed E-state index contributed by atoms with van der Waals surface area (Å²) >= 11 is 9.31. The van der Waals surface area contributed by atoms with E-state index in [-0.39, 0.29) is 0 Å². The molecule has 0 aliphatic heterocycles. The van der Waals surface area contributed by atoms with Gasteiger partial charge in [-0.15, -0.1) is 23.5 Å². The minimum atomic E-state index is 0.757. The van der Waals surface area contributed by atoms with Crippen LogP contribution in [0.3, 0.4) is 0 Å². The molecule has 3 aromatic rings. The van der Waals surface area contributed by atoms with E-state index >= 15 is 0 Å². The van der Waals surface area contributed by atoms with E-state index in [1.54, 1.807) is 23.5 Å². The summed E-state index contributed by atoms with van der Waals surface area (Å²) in [7, 11) is 0. The van der Waals surface area contributed by atoms with Gasteiger partial charge in [0.1, 0.15) is 5.03 Å². The summed E-state index contributed by atoms with van der Waals surface area (Å²) < 4.78 is 0. The highest BCUT2D eigenvalue weighted by Gasteiger charge is 2.07. The highest BCUT2D eigenvalue weighted by atomic mass is 35.5. The fraction of sp³-hybridized carbons (Fsp3) is 0.111. The Morgan fingerprint density at radius 3 is 2.39 bits per heavy atom. The Labute approximate surface area is 149 Å². The molecule has 2 aromatic carbocycles. The van der Waals surface area contributed by atoms with Crippen LogP contribution < -0.4 is 0 Å². The minimum Gasteiger partial charge on any atom is -0.232 e. The minimum absolute atomic E-state index is 0.757. The smallest absolute Gasteiger partial charge is 0.160 e. The summed E-state index contributed by atoms with van der Waals surface area (Å²) in [6.45, 7) is 0. The van der Waals surface area contributed by atoms with Crippen LogP contribution in [0.15, 0.2) is 70.6 Å². The van der Waals surface area contributed by atoms with Crippen molar-refractivity contribution in [3.8, 4) is 11.4 Å². The molecule has 0 bridgehead atoms. The lowest BCUT2D eigenvalue weighted by molar-refractivity contribution is 1.01. The molecular weight excluding hydrogens is 344 g/mol. The Morgan fingerprint density at radius 1 is 0.957 bits per heavy atom. The quantitative estimate of drug-likeness (QED) is 0.424. The summed E-state index contributed by atoms with van der Waals surface area (Å²) in [5.41, 5.74) is 2.07. The van der Waals surface area contributed by atoms with Crippen molar-refractivity contribution in [2.45, 2.75) is 15.7 Å². The van der Waals surface area contributed by atoms with Gasteiger partial charge < -0.3 is 0 Å². The van der Waals surface area contributed by atoms with Crippen LogP contribution in [-0.2, 0) is 5.75 Å². The Balaban J connectivity index is 1.82. The molecule has 0 saturated carbocycles. The third-order valence-electron chi connectivity index (χ3n) is 3.20. The van der Waals surface area contributed by atoms with Gasteiger partial charge in [0.2, 0.25) is 0 Å². The topological polar surface area (TPSA) is 25.8 Å². The van der Waals surface area contributed by atoms with Gasteiger partial charge >= 0.3 is 0 Å². The predicted octanol–water partition coefficient (Wildman–Crippen LogP) is 5.81. The molecule has 0 N–H and O–H groups in total. The fourth-order valence-corrected chi connectivity index (χ4v) is 3.40. The van der Waals surface area contributed by atoms with Crippen molar-refractivity contribution < 1.29 is 0 Å². The third-order valence-corrected chi connectivity index (χ3v) is 5.12. The Morgan fingerprint density at radius 2 is 1.70 bits per heavy atom. The summed E-state index contributed by atoms with van der Waals surface area (Å²) in [6, 6.07) is 20.0. The van der Waals surface area contributed by atoms with Gasteiger partial charge in [-0.2, -0.15) is 0 Å². The molecule has 23 heavy (non-hydrogen) atoms. The summed E-state index contributed by atoms with van der Waals surface area (Å²) in [5.74, 6) is 1.58. The van der Waals surface area contributed by atoms with Crippen LogP contribution in [0.5, 0.6) is 0 Å². The van der Waals surface area contributed by atoms with Crippen molar-refractivity contribution >= 4 is 35.1 Å². The molecular formula is C18H15ClN2S2. The number of hydrogen-bond acceptors (Lipinski definition) is 4. The second-order valence-electron chi connectivity index (χ2n) is 4.83. The lowest BCUT2D eigenvalue weighted by atomic mass is 10.2. The van der Waals surface area contributed by atoms with Crippen molar-refractivity contribution in [2.24, 2.45) is 0 Å². The lowest BCUT2D eigenvalue weighted by Crippen LogP contribution is -1.96. The van der Waals surface area contributed by atoms with Crippen LogP contribution in [0.2, 0.25) is 5.02 Å². The van der Waals surface area contributed by atoms with Crippen molar-refractivity contribution in [2.75, 3.05) is 6.26 Å². The van der Waals surface area contributed by atoms with Crippen LogP contribution in [0, 0.1) is 0 Å². The second kappa shape index (κ2) is 7.86. The molecule has 0 fully saturated rings. The largest absolute Gasteiger partial charge is 0.232 e. The predicted molar refractivity (Wildman–Crippen MR) is 100 cm³/mol. The second-order valence-corrected chi connectivity index (χ2v) is 7.15. The monoisotopic (exact) mass is 358 g/mol. The molecule has 1 aromatic heterocycles. The zero-order chi connectivity index (χ0) is 16.1. The molecule has 1 heterocycles. The molecule has 0 unspecified atom stereocenters. The average molecular weight is 359 g/mol. The Bertz CT molecular complexity index is 777.